The van der Waals surface area contributed by atoms with E-state index in [9.17, 15) is 4.79 Å². The Labute approximate surface area is 127 Å². The van der Waals surface area contributed by atoms with Crippen LogP contribution < -0.4 is 5.32 Å². The number of amides is 1. The number of nitrogens with zero attached hydrogens (tertiary/aromatic N) is 1. The fraction of sp³-hybridized carbons (Fsp3) is 0.429. The lowest BCUT2D eigenvalue weighted by atomic mass is 10.1. The van der Waals surface area contributed by atoms with Crippen LogP contribution in [0.1, 0.15) is 27.9 Å². The first kappa shape index (κ1) is 15.1. The van der Waals surface area contributed by atoms with Gasteiger partial charge >= 0.3 is 0 Å². The Hall–Kier alpha value is -1.33. The second-order valence-electron chi connectivity index (χ2n) is 4.88. The van der Waals surface area contributed by atoms with Crippen molar-refractivity contribution in [2.45, 2.75) is 39.7 Å². The number of hydrogen-bond acceptors (Lipinski definition) is 4. The second-order valence-corrected chi connectivity index (χ2v) is 6.60. The van der Waals surface area contributed by atoms with E-state index in [1.165, 1.54) is 9.75 Å². The number of halogens is 1. The van der Waals surface area contributed by atoms with Crippen molar-refractivity contribution in [2.24, 2.45) is 0 Å². The Morgan fingerprint density at radius 3 is 2.80 bits per heavy atom. The zero-order chi connectivity index (χ0) is 14.7. The Morgan fingerprint density at radius 2 is 2.25 bits per heavy atom. The van der Waals surface area contributed by atoms with Crippen molar-refractivity contribution >= 4 is 28.8 Å². The Balaban J connectivity index is 1.88. The van der Waals surface area contributed by atoms with E-state index in [-0.39, 0.29) is 23.6 Å². The minimum atomic E-state index is -0.0704. The summed E-state index contributed by atoms with van der Waals surface area (Å²) in [6.45, 7) is 5.85. The monoisotopic (exact) mass is 312 g/mol. The number of nitrogens with one attached hydrogen (secondary N) is 1. The van der Waals surface area contributed by atoms with Gasteiger partial charge in [-0.05, 0) is 44.5 Å². The van der Waals surface area contributed by atoms with Crippen molar-refractivity contribution < 1.29 is 9.32 Å². The number of thiophene rings is 1. The van der Waals surface area contributed by atoms with E-state index < -0.39 is 0 Å². The summed E-state index contributed by atoms with van der Waals surface area (Å²) in [4.78, 5) is 14.5. The number of aryl methyl sites for hydroxylation is 2. The summed E-state index contributed by atoms with van der Waals surface area (Å²) in [5.74, 6) is -0.0704. The van der Waals surface area contributed by atoms with Crippen molar-refractivity contribution in [3.05, 3.63) is 38.4 Å². The number of rotatable bonds is 5. The standard InChI is InChI=1S/C14H17ClN2O2S/c1-8(6-11-5-4-9(2)20-11)16-13(18)7-12-10(3)17-19-14(12)15/h4-5,8H,6-7H2,1-3H3,(H,16,18)/t8-/m1/s1. The van der Waals surface area contributed by atoms with Crippen molar-refractivity contribution in [1.82, 2.24) is 10.5 Å². The van der Waals surface area contributed by atoms with Gasteiger partial charge in [-0.15, -0.1) is 11.3 Å². The van der Waals surface area contributed by atoms with Crippen LogP contribution in [0, 0.1) is 13.8 Å². The minimum Gasteiger partial charge on any atom is -0.353 e. The average Bonchev–Trinajstić information content (AvgIpc) is 2.89. The number of hydrogen-bond donors (Lipinski definition) is 1. The van der Waals surface area contributed by atoms with Crippen molar-refractivity contribution in [3.8, 4) is 0 Å². The maximum atomic E-state index is 12.0. The van der Waals surface area contributed by atoms with Crippen LogP contribution in [-0.4, -0.2) is 17.1 Å². The SMILES string of the molecule is Cc1ccc(C[C@@H](C)NC(=O)Cc2c(C)noc2Cl)s1. The summed E-state index contributed by atoms with van der Waals surface area (Å²) in [5, 5.41) is 6.90. The van der Waals surface area contributed by atoms with Gasteiger partial charge in [0, 0.05) is 27.8 Å². The third kappa shape index (κ3) is 3.84. The first-order chi connectivity index (χ1) is 9.45. The second kappa shape index (κ2) is 6.41. The van der Waals surface area contributed by atoms with Crippen molar-refractivity contribution in [1.29, 1.82) is 0 Å². The first-order valence-electron chi connectivity index (χ1n) is 6.41. The van der Waals surface area contributed by atoms with Gasteiger partial charge in [0.25, 0.3) is 0 Å². The van der Waals surface area contributed by atoms with Gasteiger partial charge < -0.3 is 9.84 Å². The largest absolute Gasteiger partial charge is 0.353 e. The maximum Gasteiger partial charge on any atom is 0.229 e. The summed E-state index contributed by atoms with van der Waals surface area (Å²) < 4.78 is 4.84. The molecular weight excluding hydrogens is 296 g/mol. The topological polar surface area (TPSA) is 55.1 Å². The molecule has 4 nitrogen and oxygen atoms in total. The summed E-state index contributed by atoms with van der Waals surface area (Å²) in [5.41, 5.74) is 1.31. The van der Waals surface area contributed by atoms with E-state index in [0.29, 0.717) is 11.3 Å². The lowest BCUT2D eigenvalue weighted by molar-refractivity contribution is -0.121. The Kier molecular flexibility index (Phi) is 4.83. The molecule has 0 aliphatic rings. The van der Waals surface area contributed by atoms with Gasteiger partial charge in [0.1, 0.15) is 0 Å². The molecule has 0 unspecified atom stereocenters. The van der Waals surface area contributed by atoms with Crippen LogP contribution in [0.3, 0.4) is 0 Å². The summed E-state index contributed by atoms with van der Waals surface area (Å²) in [6, 6.07) is 4.28. The van der Waals surface area contributed by atoms with Crippen LogP contribution in [-0.2, 0) is 17.6 Å². The van der Waals surface area contributed by atoms with Crippen LogP contribution in [0.15, 0.2) is 16.7 Å². The average molecular weight is 313 g/mol. The molecule has 0 radical (unpaired) electrons. The van der Waals surface area contributed by atoms with Gasteiger partial charge in [0.05, 0.1) is 12.1 Å². The molecule has 0 aliphatic heterocycles. The van der Waals surface area contributed by atoms with Gasteiger partial charge in [-0.2, -0.15) is 0 Å². The molecule has 0 bridgehead atoms. The van der Waals surface area contributed by atoms with E-state index in [1.807, 2.05) is 6.92 Å². The lowest BCUT2D eigenvalue weighted by Gasteiger charge is -2.12. The van der Waals surface area contributed by atoms with Crippen molar-refractivity contribution in [3.63, 3.8) is 0 Å². The van der Waals surface area contributed by atoms with Crippen LogP contribution in [0.25, 0.3) is 0 Å². The first-order valence-corrected chi connectivity index (χ1v) is 7.60. The Bertz CT molecular complexity index is 587. The molecule has 2 heterocycles. The molecule has 2 aromatic rings. The number of carbonyl (C=O) groups excluding carboxylic acids is 1. The van der Waals surface area contributed by atoms with Gasteiger partial charge in [-0.25, -0.2) is 0 Å². The molecule has 2 aromatic heterocycles. The molecule has 0 aliphatic carbocycles. The highest BCUT2D eigenvalue weighted by atomic mass is 35.5. The van der Waals surface area contributed by atoms with Crippen LogP contribution in [0.2, 0.25) is 5.22 Å². The number of carbonyl (C=O) groups is 1. The zero-order valence-corrected chi connectivity index (χ0v) is 13.3. The molecule has 2 rings (SSSR count). The van der Waals surface area contributed by atoms with E-state index in [1.54, 1.807) is 18.3 Å². The highest BCUT2D eigenvalue weighted by molar-refractivity contribution is 7.11. The maximum absolute atomic E-state index is 12.0. The van der Waals surface area contributed by atoms with Crippen LogP contribution >= 0.6 is 22.9 Å². The fourth-order valence-corrected chi connectivity index (χ4v) is 3.25. The quantitative estimate of drug-likeness (QED) is 0.921. The van der Waals surface area contributed by atoms with E-state index in [4.69, 9.17) is 16.1 Å². The summed E-state index contributed by atoms with van der Waals surface area (Å²) >= 11 is 7.61. The van der Waals surface area contributed by atoms with Crippen LogP contribution in [0.4, 0.5) is 0 Å². The van der Waals surface area contributed by atoms with Gasteiger partial charge in [-0.1, -0.05) is 5.16 Å². The van der Waals surface area contributed by atoms with E-state index in [2.05, 4.69) is 29.5 Å². The molecule has 108 valence electrons. The van der Waals surface area contributed by atoms with Crippen LogP contribution in [0.5, 0.6) is 0 Å². The predicted molar refractivity (Wildman–Crippen MR) is 80.3 cm³/mol. The van der Waals surface area contributed by atoms with Gasteiger partial charge in [0.15, 0.2) is 0 Å². The van der Waals surface area contributed by atoms with Crippen molar-refractivity contribution in [2.75, 3.05) is 0 Å². The molecule has 0 fully saturated rings. The third-order valence-electron chi connectivity index (χ3n) is 2.98. The Morgan fingerprint density at radius 1 is 1.50 bits per heavy atom. The minimum absolute atomic E-state index is 0.0704. The smallest absolute Gasteiger partial charge is 0.229 e. The molecule has 6 heteroatoms. The molecule has 1 amide bonds. The van der Waals surface area contributed by atoms with Gasteiger partial charge in [0.2, 0.25) is 11.1 Å². The fourth-order valence-electron chi connectivity index (χ4n) is 1.99. The molecule has 0 saturated heterocycles. The van der Waals surface area contributed by atoms with E-state index in [0.717, 1.165) is 6.42 Å². The third-order valence-corrected chi connectivity index (χ3v) is 4.30. The molecule has 0 saturated carbocycles. The highest BCUT2D eigenvalue weighted by Crippen LogP contribution is 2.20. The molecule has 1 N–H and O–H groups in total. The molecule has 0 aromatic carbocycles. The highest BCUT2D eigenvalue weighted by Gasteiger charge is 2.16. The summed E-state index contributed by atoms with van der Waals surface area (Å²) in [7, 11) is 0. The molecule has 1 atom stereocenters. The number of aromatic nitrogens is 1. The lowest BCUT2D eigenvalue weighted by Crippen LogP contribution is -2.35. The normalized spacial score (nSPS) is 12.4. The summed E-state index contributed by atoms with van der Waals surface area (Å²) in [6.07, 6.45) is 1.03. The van der Waals surface area contributed by atoms with E-state index >= 15 is 0 Å². The predicted octanol–water partition coefficient (Wildman–Crippen LogP) is 3.30. The molecule has 0 spiro atoms. The molecular formula is C14H17ClN2O2S. The zero-order valence-electron chi connectivity index (χ0n) is 11.7. The van der Waals surface area contributed by atoms with Gasteiger partial charge in [-0.3, -0.25) is 4.79 Å². The molecule has 20 heavy (non-hydrogen) atoms.